The summed E-state index contributed by atoms with van der Waals surface area (Å²) in [5, 5.41) is 0. The highest BCUT2D eigenvalue weighted by Crippen LogP contribution is 2.41. The number of para-hydroxylation sites is 1. The van der Waals surface area contributed by atoms with Gasteiger partial charge in [-0.25, -0.2) is 9.79 Å². The number of methoxy groups -OCH3 is 3. The molecular weight excluding hydrogens is 556 g/mol. The molecule has 0 saturated heterocycles. The Morgan fingerprint density at radius 1 is 1.10 bits per heavy atom. The molecule has 0 aliphatic carbocycles. The van der Waals surface area contributed by atoms with Crippen LogP contribution in [0.15, 0.2) is 51.4 Å². The van der Waals surface area contributed by atoms with Gasteiger partial charge in [-0.05, 0) is 67.7 Å². The van der Waals surface area contributed by atoms with Crippen molar-refractivity contribution in [2.45, 2.75) is 46.6 Å². The first kappa shape index (κ1) is 31.1. The highest BCUT2D eigenvalue weighted by atomic mass is 32.1. The fraction of sp³-hybridized carbons (Fsp3) is 0.406. The first-order valence-electron chi connectivity index (χ1n) is 13.8. The topological polar surface area (TPSA) is 97.6 Å². The summed E-state index contributed by atoms with van der Waals surface area (Å²) in [6.07, 6.45) is 1.88. The molecule has 2 heterocycles. The van der Waals surface area contributed by atoms with Gasteiger partial charge in [-0.1, -0.05) is 37.3 Å². The molecular formula is C32H38N2O7S. The van der Waals surface area contributed by atoms with Crippen LogP contribution in [0.5, 0.6) is 17.2 Å². The number of allylic oxidation sites excluding steroid dienone is 1. The van der Waals surface area contributed by atoms with Gasteiger partial charge in [0.05, 0.1) is 43.2 Å². The summed E-state index contributed by atoms with van der Waals surface area (Å²) >= 11 is 1.27. The maximum atomic E-state index is 14.2. The molecule has 0 unspecified atom stereocenters. The number of ether oxygens (including phenoxy) is 5. The number of carbonyl (C=O) groups excluding carboxylic acids is 1. The molecule has 1 aliphatic heterocycles. The van der Waals surface area contributed by atoms with Gasteiger partial charge in [-0.15, -0.1) is 0 Å². The second-order valence-corrected chi connectivity index (χ2v) is 11.1. The van der Waals surface area contributed by atoms with Crippen molar-refractivity contribution in [1.29, 1.82) is 0 Å². The van der Waals surface area contributed by atoms with Crippen LogP contribution in [-0.2, 0) is 14.3 Å². The van der Waals surface area contributed by atoms with Crippen LogP contribution in [-0.4, -0.2) is 51.7 Å². The van der Waals surface area contributed by atoms with Gasteiger partial charge in [0.15, 0.2) is 16.3 Å². The molecule has 10 heteroatoms. The second-order valence-electron chi connectivity index (χ2n) is 10.1. The number of hydrogen-bond donors (Lipinski definition) is 0. The lowest BCUT2D eigenvalue weighted by atomic mass is 9.94. The van der Waals surface area contributed by atoms with E-state index in [1.165, 1.54) is 18.4 Å². The predicted octanol–water partition coefficient (Wildman–Crippen LogP) is 4.27. The van der Waals surface area contributed by atoms with Crippen LogP contribution in [0, 0.1) is 6.92 Å². The van der Waals surface area contributed by atoms with E-state index in [0.29, 0.717) is 38.7 Å². The zero-order valence-corrected chi connectivity index (χ0v) is 26.2. The number of aromatic nitrogens is 1. The van der Waals surface area contributed by atoms with Gasteiger partial charge in [0.1, 0.15) is 18.4 Å². The largest absolute Gasteiger partial charge is 0.496 e. The van der Waals surface area contributed by atoms with E-state index in [1.807, 2.05) is 38.1 Å². The summed E-state index contributed by atoms with van der Waals surface area (Å²) in [6.45, 7) is 10.5. The van der Waals surface area contributed by atoms with E-state index in [9.17, 15) is 9.59 Å². The van der Waals surface area contributed by atoms with Crippen molar-refractivity contribution in [3.05, 3.63) is 83.5 Å². The molecule has 0 radical (unpaired) electrons. The van der Waals surface area contributed by atoms with Crippen molar-refractivity contribution >= 4 is 23.4 Å². The molecule has 3 aromatic rings. The van der Waals surface area contributed by atoms with Crippen molar-refractivity contribution in [3.63, 3.8) is 0 Å². The standard InChI is InChI=1S/C32H38N2O7S/c1-9-40-29-22(11-10-12-24(29)38-7)28-27(31(36)41-14-13-37-6)20(5)33-32-34(28)30(35)26(42-32)17-21-16-23(18(2)3)25(39-8)15-19(21)4/h10-12,15-18,28H,9,13-14H2,1-8H3/b26-17+/t28-/m0/s1. The Kier molecular flexibility index (Phi) is 9.90. The fourth-order valence-corrected chi connectivity index (χ4v) is 6.06. The van der Waals surface area contributed by atoms with Gasteiger partial charge in [0, 0.05) is 12.7 Å². The molecule has 0 spiro atoms. The summed E-state index contributed by atoms with van der Waals surface area (Å²) in [4.78, 5) is 32.9. The zero-order chi connectivity index (χ0) is 30.6. The Morgan fingerprint density at radius 3 is 2.48 bits per heavy atom. The molecule has 0 bridgehead atoms. The van der Waals surface area contributed by atoms with Crippen LogP contribution >= 0.6 is 11.3 Å². The van der Waals surface area contributed by atoms with E-state index in [1.54, 1.807) is 31.8 Å². The van der Waals surface area contributed by atoms with Gasteiger partial charge < -0.3 is 23.7 Å². The number of fused-ring (bicyclic) bond motifs is 1. The normalized spacial score (nSPS) is 15.0. The number of thiazole rings is 1. The molecule has 0 N–H and O–H groups in total. The average Bonchev–Trinajstić information content (AvgIpc) is 3.27. The van der Waals surface area contributed by atoms with Crippen molar-refractivity contribution in [1.82, 2.24) is 4.57 Å². The van der Waals surface area contributed by atoms with Gasteiger partial charge >= 0.3 is 5.97 Å². The molecule has 0 amide bonds. The summed E-state index contributed by atoms with van der Waals surface area (Å²) in [6, 6.07) is 8.63. The van der Waals surface area contributed by atoms with Crippen molar-refractivity contribution in [2.24, 2.45) is 4.99 Å². The molecule has 0 fully saturated rings. The van der Waals surface area contributed by atoms with Crippen LogP contribution in [0.1, 0.15) is 61.9 Å². The first-order valence-corrected chi connectivity index (χ1v) is 14.6. The third-order valence-electron chi connectivity index (χ3n) is 7.10. The number of nitrogens with zero attached hydrogens (tertiary/aromatic N) is 2. The zero-order valence-electron chi connectivity index (χ0n) is 25.4. The van der Waals surface area contributed by atoms with Crippen LogP contribution in [0.4, 0.5) is 0 Å². The fourth-order valence-electron chi connectivity index (χ4n) is 5.02. The van der Waals surface area contributed by atoms with Crippen LogP contribution in [0.2, 0.25) is 0 Å². The molecule has 4 rings (SSSR count). The highest BCUT2D eigenvalue weighted by Gasteiger charge is 2.36. The number of rotatable bonds is 11. The van der Waals surface area contributed by atoms with Gasteiger partial charge in [-0.2, -0.15) is 0 Å². The lowest BCUT2D eigenvalue weighted by molar-refractivity contribution is -0.140. The highest BCUT2D eigenvalue weighted by molar-refractivity contribution is 7.07. The SMILES string of the molecule is CCOc1c(OC)cccc1[C@H]1C(C(=O)OCCOC)=C(C)N=c2s/c(=C/c3cc(C(C)C)c(OC)cc3C)c(=O)n21. The molecule has 1 aromatic heterocycles. The Bertz CT molecular complexity index is 1680. The average molecular weight is 595 g/mol. The number of esters is 1. The lowest BCUT2D eigenvalue weighted by Crippen LogP contribution is -2.40. The third-order valence-corrected chi connectivity index (χ3v) is 8.08. The molecule has 1 aliphatic rings. The molecule has 42 heavy (non-hydrogen) atoms. The van der Waals surface area contributed by atoms with E-state index in [2.05, 4.69) is 19.9 Å². The number of carbonyl (C=O) groups is 1. The monoisotopic (exact) mass is 594 g/mol. The third kappa shape index (κ3) is 6.00. The van der Waals surface area contributed by atoms with E-state index < -0.39 is 12.0 Å². The molecule has 1 atom stereocenters. The van der Waals surface area contributed by atoms with Gasteiger partial charge in [0.2, 0.25) is 0 Å². The van der Waals surface area contributed by atoms with Gasteiger partial charge in [-0.3, -0.25) is 9.36 Å². The minimum absolute atomic E-state index is 0.0641. The van der Waals surface area contributed by atoms with E-state index in [0.717, 1.165) is 22.4 Å². The predicted molar refractivity (Wildman–Crippen MR) is 163 cm³/mol. The lowest BCUT2D eigenvalue weighted by Gasteiger charge is -2.27. The van der Waals surface area contributed by atoms with Crippen molar-refractivity contribution < 1.29 is 28.5 Å². The van der Waals surface area contributed by atoms with E-state index in [4.69, 9.17) is 28.7 Å². The molecule has 9 nitrogen and oxygen atoms in total. The number of benzene rings is 2. The smallest absolute Gasteiger partial charge is 0.338 e. The molecule has 224 valence electrons. The Hall–Kier alpha value is -3.89. The summed E-state index contributed by atoms with van der Waals surface area (Å²) in [5.74, 6) is 1.41. The van der Waals surface area contributed by atoms with Crippen molar-refractivity contribution in [2.75, 3.05) is 41.2 Å². The summed E-state index contributed by atoms with van der Waals surface area (Å²) in [7, 11) is 4.75. The van der Waals surface area contributed by atoms with Crippen LogP contribution in [0.25, 0.3) is 6.08 Å². The van der Waals surface area contributed by atoms with E-state index in [-0.39, 0.29) is 30.3 Å². The van der Waals surface area contributed by atoms with Crippen LogP contribution in [0.3, 0.4) is 0 Å². The quantitative estimate of drug-likeness (QED) is 0.242. The van der Waals surface area contributed by atoms with Gasteiger partial charge in [0.25, 0.3) is 5.56 Å². The molecule has 0 saturated carbocycles. The number of hydrogen-bond acceptors (Lipinski definition) is 9. The minimum Gasteiger partial charge on any atom is -0.496 e. The Labute approximate surface area is 249 Å². The first-order chi connectivity index (χ1) is 20.2. The molecule has 2 aromatic carbocycles. The Morgan fingerprint density at radius 2 is 1.83 bits per heavy atom. The summed E-state index contributed by atoms with van der Waals surface area (Å²) in [5.41, 5.74) is 3.97. The Balaban J connectivity index is 1.99. The number of aryl methyl sites for hydroxylation is 1. The van der Waals surface area contributed by atoms with Crippen molar-refractivity contribution in [3.8, 4) is 17.2 Å². The summed E-state index contributed by atoms with van der Waals surface area (Å²) < 4.78 is 29.9. The van der Waals surface area contributed by atoms with E-state index >= 15 is 0 Å². The minimum atomic E-state index is -0.849. The second kappa shape index (κ2) is 13.4. The van der Waals surface area contributed by atoms with Crippen LogP contribution < -0.4 is 29.1 Å². The maximum Gasteiger partial charge on any atom is 0.338 e. The maximum absolute atomic E-state index is 14.2.